The van der Waals surface area contributed by atoms with E-state index >= 15 is 0 Å². The zero-order valence-electron chi connectivity index (χ0n) is 16.0. The Hall–Kier alpha value is -3.16. The van der Waals surface area contributed by atoms with Crippen molar-refractivity contribution in [1.82, 2.24) is 15.5 Å². The maximum absolute atomic E-state index is 13.7. The van der Waals surface area contributed by atoms with E-state index in [0.29, 0.717) is 17.1 Å². The monoisotopic (exact) mass is 393 g/mol. The molecular formula is C21H23N5O3. The van der Waals surface area contributed by atoms with Gasteiger partial charge in [0.1, 0.15) is 17.8 Å². The molecule has 29 heavy (non-hydrogen) atoms. The van der Waals surface area contributed by atoms with Gasteiger partial charge in [0.25, 0.3) is 0 Å². The minimum absolute atomic E-state index is 0.00385. The minimum atomic E-state index is -1.15. The second kappa shape index (κ2) is 6.72. The number of nitrogens with one attached hydrogen (secondary N) is 3. The molecule has 8 heteroatoms. The van der Waals surface area contributed by atoms with Gasteiger partial charge in [-0.3, -0.25) is 19.5 Å². The molecule has 3 heterocycles. The average Bonchev–Trinajstić information content (AvgIpc) is 3.27. The van der Waals surface area contributed by atoms with Crippen molar-refractivity contribution in [3.8, 4) is 0 Å². The van der Waals surface area contributed by atoms with Crippen molar-refractivity contribution >= 4 is 29.2 Å². The number of aromatic amines is 1. The highest BCUT2D eigenvalue weighted by atomic mass is 16.2. The van der Waals surface area contributed by atoms with Gasteiger partial charge in [-0.2, -0.15) is 5.10 Å². The summed E-state index contributed by atoms with van der Waals surface area (Å²) in [5.74, 6) is -0.226. The zero-order valence-corrected chi connectivity index (χ0v) is 16.0. The van der Waals surface area contributed by atoms with E-state index in [1.807, 2.05) is 24.3 Å². The van der Waals surface area contributed by atoms with Gasteiger partial charge >= 0.3 is 0 Å². The zero-order chi connectivity index (χ0) is 20.0. The normalized spacial score (nSPS) is 23.7. The van der Waals surface area contributed by atoms with Crippen LogP contribution >= 0.6 is 0 Å². The molecule has 2 aromatic rings. The van der Waals surface area contributed by atoms with Crippen LogP contribution in [0.2, 0.25) is 0 Å². The first-order valence-corrected chi connectivity index (χ1v) is 10.1. The predicted octanol–water partition coefficient (Wildman–Crippen LogP) is 1.83. The number of hydrogen-bond acceptors (Lipinski definition) is 4. The van der Waals surface area contributed by atoms with Crippen LogP contribution < -0.4 is 15.5 Å². The summed E-state index contributed by atoms with van der Waals surface area (Å²) in [7, 11) is 0. The number of amides is 3. The topological polar surface area (TPSA) is 107 Å². The van der Waals surface area contributed by atoms with Crippen molar-refractivity contribution < 1.29 is 14.4 Å². The number of rotatable bonds is 3. The summed E-state index contributed by atoms with van der Waals surface area (Å²) >= 11 is 0. The summed E-state index contributed by atoms with van der Waals surface area (Å²) in [5, 5.41) is 12.6. The van der Waals surface area contributed by atoms with Gasteiger partial charge in [-0.1, -0.05) is 37.5 Å². The number of anilines is 2. The molecule has 1 saturated carbocycles. The molecule has 1 atom stereocenters. The van der Waals surface area contributed by atoms with Crippen LogP contribution in [0.15, 0.2) is 30.5 Å². The first-order chi connectivity index (χ1) is 14.1. The first kappa shape index (κ1) is 17.9. The van der Waals surface area contributed by atoms with Crippen molar-refractivity contribution in [2.24, 2.45) is 0 Å². The highest BCUT2D eigenvalue weighted by Gasteiger charge is 2.56. The van der Waals surface area contributed by atoms with E-state index in [1.165, 1.54) is 11.3 Å². The Bertz CT molecular complexity index is 994. The Morgan fingerprint density at radius 1 is 1.17 bits per heavy atom. The van der Waals surface area contributed by atoms with E-state index in [0.717, 1.165) is 31.2 Å². The van der Waals surface area contributed by atoms with Crippen molar-refractivity contribution in [1.29, 1.82) is 0 Å². The average molecular weight is 393 g/mol. The quantitative estimate of drug-likeness (QED) is 0.739. The van der Waals surface area contributed by atoms with Crippen LogP contribution in [0, 0.1) is 0 Å². The van der Waals surface area contributed by atoms with E-state index in [2.05, 4.69) is 20.8 Å². The van der Waals surface area contributed by atoms with Gasteiger partial charge in [0.05, 0.1) is 6.20 Å². The third kappa shape index (κ3) is 2.73. The molecule has 2 aliphatic heterocycles. The number of H-pyrrole nitrogens is 1. The van der Waals surface area contributed by atoms with Gasteiger partial charge in [0, 0.05) is 23.7 Å². The van der Waals surface area contributed by atoms with Crippen LogP contribution in [-0.2, 0) is 19.8 Å². The van der Waals surface area contributed by atoms with Crippen LogP contribution in [-0.4, -0.2) is 40.5 Å². The number of fused-ring (bicyclic) bond motifs is 4. The molecule has 3 aliphatic rings. The summed E-state index contributed by atoms with van der Waals surface area (Å²) in [6, 6.07) is 7.57. The number of carbonyl (C=O) groups excluding carboxylic acids is 3. The van der Waals surface area contributed by atoms with Gasteiger partial charge in [-0.25, -0.2) is 0 Å². The lowest BCUT2D eigenvalue weighted by atomic mass is 9.72. The van der Waals surface area contributed by atoms with Crippen LogP contribution in [0.25, 0.3) is 0 Å². The highest BCUT2D eigenvalue weighted by molar-refractivity contribution is 6.17. The molecule has 0 saturated heterocycles. The number of nitrogens with zero attached hydrogens (tertiary/aromatic N) is 2. The Morgan fingerprint density at radius 3 is 2.79 bits per heavy atom. The summed E-state index contributed by atoms with van der Waals surface area (Å²) in [5.41, 5.74) is 0.919. The molecule has 8 nitrogen and oxygen atoms in total. The largest absolute Gasteiger partial charge is 0.352 e. The lowest BCUT2D eigenvalue weighted by Crippen LogP contribution is -2.49. The van der Waals surface area contributed by atoms with E-state index < -0.39 is 5.41 Å². The molecular weight excluding hydrogens is 370 g/mol. The van der Waals surface area contributed by atoms with Crippen molar-refractivity contribution in [2.45, 2.75) is 50.0 Å². The molecule has 1 aromatic heterocycles. The lowest BCUT2D eigenvalue weighted by Gasteiger charge is -2.32. The SMILES string of the molecule is O=C1CC2(C(=O)N(CC(=O)NC3CCCCC3)c3ccccc32)c2cn[nH]c2N1. The second-order valence-corrected chi connectivity index (χ2v) is 8.10. The number of hydrogen-bond donors (Lipinski definition) is 3. The lowest BCUT2D eigenvalue weighted by molar-refractivity contribution is -0.128. The maximum Gasteiger partial charge on any atom is 0.243 e. The van der Waals surface area contributed by atoms with E-state index in [9.17, 15) is 14.4 Å². The third-order valence-electron chi connectivity index (χ3n) is 6.33. The number of carbonyl (C=O) groups is 3. The molecule has 3 amide bonds. The van der Waals surface area contributed by atoms with Gasteiger partial charge in [-0.05, 0) is 24.5 Å². The fourth-order valence-corrected chi connectivity index (χ4v) is 5.00. The maximum atomic E-state index is 13.7. The number of aromatic nitrogens is 2. The van der Waals surface area contributed by atoms with Gasteiger partial charge in [-0.15, -0.1) is 0 Å². The van der Waals surface area contributed by atoms with E-state index in [4.69, 9.17) is 0 Å². The number of para-hydroxylation sites is 1. The molecule has 1 fully saturated rings. The van der Waals surface area contributed by atoms with Crippen LogP contribution in [0.4, 0.5) is 11.5 Å². The van der Waals surface area contributed by atoms with Gasteiger partial charge in [0.2, 0.25) is 17.7 Å². The standard InChI is InChI=1S/C21H23N5O3/c27-17-10-21(15-11-22-25-19(15)24-17)14-8-4-5-9-16(14)26(20(21)29)12-18(28)23-13-6-2-1-3-7-13/h4-5,8-9,11,13H,1-3,6-7,10,12H2,(H,23,28)(H2,22,24,25,27). The molecule has 1 aromatic carbocycles. The van der Waals surface area contributed by atoms with Crippen LogP contribution in [0.3, 0.4) is 0 Å². The summed E-state index contributed by atoms with van der Waals surface area (Å²) in [6.45, 7) is -0.0527. The Balaban J connectivity index is 1.49. The minimum Gasteiger partial charge on any atom is -0.352 e. The van der Waals surface area contributed by atoms with Crippen LogP contribution in [0.5, 0.6) is 0 Å². The van der Waals surface area contributed by atoms with Crippen molar-refractivity contribution in [2.75, 3.05) is 16.8 Å². The Labute approximate surface area is 168 Å². The van der Waals surface area contributed by atoms with E-state index in [-0.39, 0.29) is 36.7 Å². The van der Waals surface area contributed by atoms with Crippen molar-refractivity contribution in [3.05, 3.63) is 41.6 Å². The molecule has 0 bridgehead atoms. The van der Waals surface area contributed by atoms with Crippen molar-refractivity contribution in [3.63, 3.8) is 0 Å². The molecule has 1 unspecified atom stereocenters. The third-order valence-corrected chi connectivity index (χ3v) is 6.33. The summed E-state index contributed by atoms with van der Waals surface area (Å²) in [6.07, 6.45) is 7.01. The summed E-state index contributed by atoms with van der Waals surface area (Å²) < 4.78 is 0. The molecule has 5 rings (SSSR count). The highest BCUT2D eigenvalue weighted by Crippen LogP contribution is 2.51. The van der Waals surface area contributed by atoms with Gasteiger partial charge in [0.15, 0.2) is 0 Å². The summed E-state index contributed by atoms with van der Waals surface area (Å²) in [4.78, 5) is 40.4. The smallest absolute Gasteiger partial charge is 0.243 e. The molecule has 1 spiro atoms. The molecule has 1 aliphatic carbocycles. The Kier molecular flexibility index (Phi) is 4.15. The molecule has 150 valence electrons. The fourth-order valence-electron chi connectivity index (χ4n) is 5.00. The first-order valence-electron chi connectivity index (χ1n) is 10.1. The second-order valence-electron chi connectivity index (χ2n) is 8.10. The molecule has 0 radical (unpaired) electrons. The Morgan fingerprint density at radius 2 is 1.97 bits per heavy atom. The molecule has 3 N–H and O–H groups in total. The van der Waals surface area contributed by atoms with E-state index in [1.54, 1.807) is 6.20 Å². The fraction of sp³-hybridized carbons (Fsp3) is 0.429. The van der Waals surface area contributed by atoms with Gasteiger partial charge < -0.3 is 15.5 Å². The number of benzene rings is 1. The van der Waals surface area contributed by atoms with Crippen LogP contribution in [0.1, 0.15) is 49.7 Å². The predicted molar refractivity (Wildman–Crippen MR) is 106 cm³/mol.